The molecule has 0 fully saturated rings. The predicted molar refractivity (Wildman–Crippen MR) is 140 cm³/mol. The van der Waals surface area contributed by atoms with Crippen molar-refractivity contribution in [2.45, 2.75) is 20.3 Å². The van der Waals surface area contributed by atoms with Crippen LogP contribution in [0.1, 0.15) is 25.0 Å². The van der Waals surface area contributed by atoms with Gasteiger partial charge in [-0.1, -0.05) is 18.2 Å². The molecule has 0 aliphatic rings. The Hall–Kier alpha value is -4.42. The summed E-state index contributed by atoms with van der Waals surface area (Å²) >= 11 is 6.34. The predicted octanol–water partition coefficient (Wildman–Crippen LogP) is 5.17. The van der Waals surface area contributed by atoms with Crippen molar-refractivity contribution in [2.75, 3.05) is 29.2 Å². The van der Waals surface area contributed by atoms with Crippen LogP contribution in [0.25, 0.3) is 0 Å². The second-order valence-corrected chi connectivity index (χ2v) is 8.02. The van der Waals surface area contributed by atoms with Crippen LogP contribution in [-0.4, -0.2) is 35.3 Å². The minimum absolute atomic E-state index is 0.115. The van der Waals surface area contributed by atoms with E-state index in [2.05, 4.69) is 33.2 Å². The highest BCUT2D eigenvalue weighted by molar-refractivity contribution is 6.33. The standard InChI is InChI=1S/C26H25ClN6O3/c1-5-20(35)12-17-13-21(36-4)8-10-23(17)30-25-22(27)15-29-26(32-25)31-24-9-7-19(11-18(24)14-28)33(6-2)16(3)34/h5,7-11,13,15H,1,6,12H2,2-4H3,(H2,29,30,31,32). The van der Waals surface area contributed by atoms with Crippen molar-refractivity contribution in [3.8, 4) is 11.8 Å². The number of ether oxygens (including phenoxy) is 1. The molecule has 0 spiro atoms. The molecule has 1 amide bonds. The van der Waals surface area contributed by atoms with Crippen LogP contribution in [0.15, 0.2) is 55.3 Å². The molecule has 2 aromatic carbocycles. The Kier molecular flexibility index (Phi) is 8.60. The van der Waals surface area contributed by atoms with Crippen molar-refractivity contribution in [1.29, 1.82) is 5.26 Å². The molecular weight excluding hydrogens is 480 g/mol. The van der Waals surface area contributed by atoms with Crippen molar-refractivity contribution < 1.29 is 14.3 Å². The Morgan fingerprint density at radius 3 is 2.61 bits per heavy atom. The summed E-state index contributed by atoms with van der Waals surface area (Å²) in [5.41, 5.74) is 2.70. The van der Waals surface area contributed by atoms with Crippen molar-refractivity contribution in [3.05, 3.63) is 71.4 Å². The lowest BCUT2D eigenvalue weighted by Crippen LogP contribution is -2.27. The van der Waals surface area contributed by atoms with Crippen LogP contribution in [0.4, 0.5) is 28.8 Å². The van der Waals surface area contributed by atoms with E-state index < -0.39 is 0 Å². The minimum atomic E-state index is -0.152. The number of hydrogen-bond donors (Lipinski definition) is 2. The number of benzene rings is 2. The number of hydrogen-bond acceptors (Lipinski definition) is 8. The lowest BCUT2D eigenvalue weighted by molar-refractivity contribution is -0.116. The molecule has 9 nitrogen and oxygen atoms in total. The van der Waals surface area contributed by atoms with Gasteiger partial charge in [0, 0.05) is 31.3 Å². The highest BCUT2D eigenvalue weighted by Crippen LogP contribution is 2.30. The van der Waals surface area contributed by atoms with Crippen molar-refractivity contribution >= 4 is 52.1 Å². The molecule has 3 aromatic rings. The lowest BCUT2D eigenvalue weighted by atomic mass is 10.1. The normalized spacial score (nSPS) is 10.2. The number of carbonyl (C=O) groups is 2. The van der Waals surface area contributed by atoms with Gasteiger partial charge in [0.1, 0.15) is 16.8 Å². The highest BCUT2D eigenvalue weighted by Gasteiger charge is 2.15. The second-order valence-electron chi connectivity index (χ2n) is 7.62. The number of nitrogens with one attached hydrogen (secondary N) is 2. The van der Waals surface area contributed by atoms with Gasteiger partial charge in [-0.3, -0.25) is 9.59 Å². The van der Waals surface area contributed by atoms with E-state index in [-0.39, 0.29) is 29.1 Å². The van der Waals surface area contributed by atoms with Gasteiger partial charge in [0.2, 0.25) is 11.9 Å². The van der Waals surface area contributed by atoms with E-state index in [0.717, 1.165) is 0 Å². The minimum Gasteiger partial charge on any atom is -0.497 e. The number of rotatable bonds is 10. The maximum absolute atomic E-state index is 12.0. The number of amides is 1. The topological polar surface area (TPSA) is 120 Å². The number of ketones is 1. The van der Waals surface area contributed by atoms with Gasteiger partial charge in [-0.2, -0.15) is 10.2 Å². The number of nitrogens with zero attached hydrogens (tertiary/aromatic N) is 4. The smallest absolute Gasteiger partial charge is 0.229 e. The third-order valence-corrected chi connectivity index (χ3v) is 5.56. The third-order valence-electron chi connectivity index (χ3n) is 5.28. The van der Waals surface area contributed by atoms with Crippen molar-refractivity contribution in [3.63, 3.8) is 0 Å². The number of anilines is 5. The van der Waals surface area contributed by atoms with Crippen LogP contribution in [-0.2, 0) is 16.0 Å². The van der Waals surface area contributed by atoms with E-state index in [9.17, 15) is 14.9 Å². The van der Waals surface area contributed by atoms with E-state index in [0.29, 0.717) is 46.3 Å². The third kappa shape index (κ3) is 6.17. The molecule has 0 atom stereocenters. The van der Waals surface area contributed by atoms with Gasteiger partial charge in [0.15, 0.2) is 11.6 Å². The SMILES string of the molecule is C=CC(=O)Cc1cc(OC)ccc1Nc1nc(Nc2ccc(N(CC)C(C)=O)cc2C#N)ncc1Cl. The summed E-state index contributed by atoms with van der Waals surface area (Å²) in [6.07, 6.45) is 2.80. The number of methoxy groups -OCH3 is 1. The summed E-state index contributed by atoms with van der Waals surface area (Å²) in [5, 5.41) is 16.1. The largest absolute Gasteiger partial charge is 0.497 e. The summed E-state index contributed by atoms with van der Waals surface area (Å²) in [7, 11) is 1.54. The Morgan fingerprint density at radius 2 is 1.97 bits per heavy atom. The van der Waals surface area contributed by atoms with Crippen LogP contribution in [0.3, 0.4) is 0 Å². The number of allylic oxidation sites excluding steroid dienone is 1. The Balaban J connectivity index is 1.91. The van der Waals surface area contributed by atoms with Crippen molar-refractivity contribution in [2.24, 2.45) is 0 Å². The summed E-state index contributed by atoms with van der Waals surface area (Å²) in [6, 6.07) is 12.4. The van der Waals surface area contributed by atoms with Gasteiger partial charge in [-0.25, -0.2) is 4.98 Å². The Labute approximate surface area is 214 Å². The molecule has 3 rings (SSSR count). The van der Waals surface area contributed by atoms with Gasteiger partial charge in [0.05, 0.1) is 24.6 Å². The fraction of sp³-hybridized carbons (Fsp3) is 0.192. The molecule has 36 heavy (non-hydrogen) atoms. The second kappa shape index (κ2) is 11.8. The zero-order valence-corrected chi connectivity index (χ0v) is 20.9. The van der Waals surface area contributed by atoms with Crippen LogP contribution < -0.4 is 20.3 Å². The molecular formula is C26H25ClN6O3. The Morgan fingerprint density at radius 1 is 1.22 bits per heavy atom. The molecule has 0 unspecified atom stereocenters. The molecule has 0 radical (unpaired) electrons. The number of halogens is 1. The van der Waals surface area contributed by atoms with Crippen LogP contribution in [0.5, 0.6) is 5.75 Å². The molecule has 0 saturated heterocycles. The van der Waals surface area contributed by atoms with Crippen LogP contribution in [0, 0.1) is 11.3 Å². The summed E-state index contributed by atoms with van der Waals surface area (Å²) < 4.78 is 5.27. The Bertz CT molecular complexity index is 1350. The summed E-state index contributed by atoms with van der Waals surface area (Å²) in [4.78, 5) is 34.1. The zero-order valence-electron chi connectivity index (χ0n) is 20.1. The van der Waals surface area contributed by atoms with Gasteiger partial charge in [0.25, 0.3) is 0 Å². The molecule has 184 valence electrons. The van der Waals surface area contributed by atoms with E-state index in [4.69, 9.17) is 16.3 Å². The molecule has 0 saturated carbocycles. The average molecular weight is 505 g/mol. The number of carbonyl (C=O) groups excluding carboxylic acids is 2. The highest BCUT2D eigenvalue weighted by atomic mass is 35.5. The molecule has 10 heteroatoms. The lowest BCUT2D eigenvalue weighted by Gasteiger charge is -2.20. The molecule has 2 N–H and O–H groups in total. The fourth-order valence-corrected chi connectivity index (χ4v) is 3.62. The fourth-order valence-electron chi connectivity index (χ4n) is 3.48. The van der Waals surface area contributed by atoms with Gasteiger partial charge in [-0.05, 0) is 55.0 Å². The quantitative estimate of drug-likeness (QED) is 0.363. The molecule has 1 aromatic heterocycles. The molecule has 0 aliphatic carbocycles. The van der Waals surface area contributed by atoms with Crippen molar-refractivity contribution in [1.82, 2.24) is 9.97 Å². The van der Waals surface area contributed by atoms with Gasteiger partial charge >= 0.3 is 0 Å². The van der Waals surface area contributed by atoms with E-state index in [1.807, 2.05) is 6.92 Å². The first-order chi connectivity index (χ1) is 17.3. The molecule has 0 bridgehead atoms. The average Bonchev–Trinajstić information content (AvgIpc) is 2.87. The van der Waals surface area contributed by atoms with E-state index in [1.165, 1.54) is 19.2 Å². The van der Waals surface area contributed by atoms with Gasteiger partial charge < -0.3 is 20.3 Å². The maximum atomic E-state index is 12.0. The van der Waals surface area contributed by atoms with Gasteiger partial charge in [-0.15, -0.1) is 0 Å². The molecule has 0 aliphatic heterocycles. The number of nitriles is 1. The monoisotopic (exact) mass is 504 g/mol. The summed E-state index contributed by atoms with van der Waals surface area (Å²) in [6.45, 7) is 7.34. The van der Waals surface area contributed by atoms with Crippen LogP contribution in [0.2, 0.25) is 5.02 Å². The van der Waals surface area contributed by atoms with E-state index >= 15 is 0 Å². The summed E-state index contributed by atoms with van der Waals surface area (Å²) in [5.74, 6) is 0.827. The zero-order chi connectivity index (χ0) is 26.2. The molecule has 1 heterocycles. The number of aromatic nitrogens is 2. The maximum Gasteiger partial charge on any atom is 0.229 e. The van der Waals surface area contributed by atoms with E-state index in [1.54, 1.807) is 48.4 Å². The first-order valence-corrected chi connectivity index (χ1v) is 11.4. The first-order valence-electron chi connectivity index (χ1n) is 11.0. The van der Waals surface area contributed by atoms with Crippen LogP contribution >= 0.6 is 11.6 Å². The first kappa shape index (κ1) is 26.2.